The van der Waals surface area contributed by atoms with Crippen LogP contribution in [0.25, 0.3) is 0 Å². The van der Waals surface area contributed by atoms with Gasteiger partial charge in [-0.05, 0) is 31.0 Å². The lowest BCUT2D eigenvalue weighted by atomic mass is 10.1. The molecular formula is C22H23N3O3S. The number of fused-ring (bicyclic) bond motifs is 3. The number of thioether (sulfide) groups is 1. The van der Waals surface area contributed by atoms with Crippen LogP contribution in [0, 0.1) is 0 Å². The lowest BCUT2D eigenvalue weighted by Gasteiger charge is -2.25. The molecule has 2 heterocycles. The van der Waals surface area contributed by atoms with Crippen LogP contribution >= 0.6 is 11.8 Å². The van der Waals surface area contributed by atoms with Crippen molar-refractivity contribution in [3.63, 3.8) is 0 Å². The van der Waals surface area contributed by atoms with Crippen LogP contribution in [0.2, 0.25) is 0 Å². The predicted octanol–water partition coefficient (Wildman–Crippen LogP) is 2.64. The molecule has 2 aromatic carbocycles. The maximum atomic E-state index is 12.9. The quantitative estimate of drug-likeness (QED) is 0.796. The molecule has 150 valence electrons. The Balaban J connectivity index is 1.38. The summed E-state index contributed by atoms with van der Waals surface area (Å²) < 4.78 is 0. The Morgan fingerprint density at radius 3 is 2.48 bits per heavy atom. The molecule has 0 spiro atoms. The molecule has 2 aliphatic heterocycles. The smallest absolute Gasteiger partial charge is 0.256 e. The molecule has 0 radical (unpaired) electrons. The fraction of sp³-hybridized carbons (Fsp3) is 0.318. The van der Waals surface area contributed by atoms with E-state index in [0.29, 0.717) is 11.3 Å². The highest BCUT2D eigenvalue weighted by Crippen LogP contribution is 2.48. The number of nitrogens with zero attached hydrogens (tertiary/aromatic N) is 1. The average Bonchev–Trinajstić information content (AvgIpc) is 3.29. The largest absolute Gasteiger partial charge is 0.348 e. The predicted molar refractivity (Wildman–Crippen MR) is 112 cm³/mol. The second-order valence-corrected chi connectivity index (χ2v) is 8.49. The van der Waals surface area contributed by atoms with Gasteiger partial charge in [-0.25, -0.2) is 0 Å². The molecule has 4 atom stereocenters. The highest BCUT2D eigenvalue weighted by Gasteiger charge is 2.48. The third-order valence-corrected chi connectivity index (χ3v) is 6.71. The standard InChI is InChI=1S/C22H23N3O3S/c1-13(15-8-4-3-5-9-15)23-19(26)14(2)24-20(27)18-12-29-22-17-11-7-6-10-16(17)21(28)25(18)22/h3-11,13-14,18,22H,12H2,1-2H3,(H,23,26)(H,24,27)/t13-,14-,18-,22-/m0/s1. The van der Waals surface area contributed by atoms with Crippen LogP contribution in [-0.2, 0) is 9.59 Å². The zero-order valence-electron chi connectivity index (χ0n) is 16.3. The van der Waals surface area contributed by atoms with E-state index in [1.165, 1.54) is 0 Å². The van der Waals surface area contributed by atoms with E-state index in [9.17, 15) is 14.4 Å². The number of rotatable bonds is 5. The first-order valence-corrected chi connectivity index (χ1v) is 10.7. The molecule has 2 N–H and O–H groups in total. The first kappa shape index (κ1) is 19.5. The molecule has 2 aliphatic rings. The van der Waals surface area contributed by atoms with E-state index in [1.807, 2.05) is 55.5 Å². The molecule has 1 saturated heterocycles. The van der Waals surface area contributed by atoms with E-state index in [4.69, 9.17) is 0 Å². The van der Waals surface area contributed by atoms with Crippen molar-refractivity contribution in [2.45, 2.75) is 37.3 Å². The molecule has 29 heavy (non-hydrogen) atoms. The van der Waals surface area contributed by atoms with Gasteiger partial charge in [-0.15, -0.1) is 11.8 Å². The number of hydrogen-bond acceptors (Lipinski definition) is 4. The molecule has 1 fully saturated rings. The molecule has 2 aromatic rings. The number of amides is 3. The van der Waals surface area contributed by atoms with Crippen molar-refractivity contribution in [2.75, 3.05) is 5.75 Å². The van der Waals surface area contributed by atoms with Crippen molar-refractivity contribution < 1.29 is 14.4 Å². The summed E-state index contributed by atoms with van der Waals surface area (Å²) >= 11 is 1.58. The van der Waals surface area contributed by atoms with Gasteiger partial charge in [0.2, 0.25) is 11.8 Å². The van der Waals surface area contributed by atoms with Gasteiger partial charge in [0.25, 0.3) is 5.91 Å². The summed E-state index contributed by atoms with van der Waals surface area (Å²) in [6, 6.07) is 15.7. The Morgan fingerprint density at radius 1 is 1.03 bits per heavy atom. The summed E-state index contributed by atoms with van der Waals surface area (Å²) in [4.78, 5) is 39.8. The van der Waals surface area contributed by atoms with E-state index in [1.54, 1.807) is 29.7 Å². The molecule has 0 aromatic heterocycles. The van der Waals surface area contributed by atoms with Crippen molar-refractivity contribution >= 4 is 29.5 Å². The summed E-state index contributed by atoms with van der Waals surface area (Å²) in [6.45, 7) is 3.56. The van der Waals surface area contributed by atoms with Gasteiger partial charge in [0.1, 0.15) is 17.5 Å². The summed E-state index contributed by atoms with van der Waals surface area (Å²) in [5, 5.41) is 5.57. The molecule has 0 bridgehead atoms. The SMILES string of the molecule is C[C@H](NC(=O)[C@@H]1CS[C@H]2c3ccccc3C(=O)N12)C(=O)N[C@@H](C)c1ccccc1. The molecule has 0 aliphatic carbocycles. The zero-order valence-corrected chi connectivity index (χ0v) is 17.1. The molecule has 0 unspecified atom stereocenters. The minimum Gasteiger partial charge on any atom is -0.348 e. The average molecular weight is 410 g/mol. The number of carbonyl (C=O) groups excluding carboxylic acids is 3. The van der Waals surface area contributed by atoms with Gasteiger partial charge in [0, 0.05) is 11.3 Å². The Labute approximate surface area is 174 Å². The van der Waals surface area contributed by atoms with Crippen LogP contribution in [0.5, 0.6) is 0 Å². The lowest BCUT2D eigenvalue weighted by Crippen LogP contribution is -2.52. The number of nitrogens with one attached hydrogen (secondary N) is 2. The summed E-state index contributed by atoms with van der Waals surface area (Å²) in [7, 11) is 0. The molecule has 4 rings (SSSR count). The minimum atomic E-state index is -0.696. The molecule has 7 heteroatoms. The first-order chi connectivity index (χ1) is 14.0. The number of benzene rings is 2. The fourth-order valence-electron chi connectivity index (χ4n) is 3.78. The van der Waals surface area contributed by atoms with Crippen LogP contribution in [0.4, 0.5) is 0 Å². The maximum absolute atomic E-state index is 12.9. The maximum Gasteiger partial charge on any atom is 0.256 e. The Hall–Kier alpha value is -2.80. The summed E-state index contributed by atoms with van der Waals surface area (Å²) in [5.74, 6) is -0.152. The van der Waals surface area contributed by atoms with Crippen LogP contribution in [0.3, 0.4) is 0 Å². The van der Waals surface area contributed by atoms with Gasteiger partial charge >= 0.3 is 0 Å². The van der Waals surface area contributed by atoms with Crippen LogP contribution < -0.4 is 10.6 Å². The number of hydrogen-bond donors (Lipinski definition) is 2. The van der Waals surface area contributed by atoms with Crippen LogP contribution in [-0.4, -0.2) is 40.5 Å². The third kappa shape index (κ3) is 3.62. The first-order valence-electron chi connectivity index (χ1n) is 9.66. The Bertz CT molecular complexity index is 949. The normalized spacial score (nSPS) is 21.9. The van der Waals surface area contributed by atoms with E-state index in [2.05, 4.69) is 10.6 Å². The zero-order chi connectivity index (χ0) is 20.5. The van der Waals surface area contributed by atoms with E-state index < -0.39 is 12.1 Å². The van der Waals surface area contributed by atoms with Crippen molar-refractivity contribution in [1.29, 1.82) is 0 Å². The second-order valence-electron chi connectivity index (χ2n) is 7.37. The topological polar surface area (TPSA) is 78.5 Å². The molecule has 0 saturated carbocycles. The summed E-state index contributed by atoms with van der Waals surface area (Å²) in [5.41, 5.74) is 2.61. The highest BCUT2D eigenvalue weighted by atomic mass is 32.2. The van der Waals surface area contributed by atoms with Crippen LogP contribution in [0.1, 0.15) is 46.7 Å². The van der Waals surface area contributed by atoms with Gasteiger partial charge < -0.3 is 15.5 Å². The van der Waals surface area contributed by atoms with Gasteiger partial charge in [0.15, 0.2) is 0 Å². The fourth-order valence-corrected chi connectivity index (χ4v) is 5.25. The Kier molecular flexibility index (Phi) is 5.32. The Morgan fingerprint density at radius 2 is 1.72 bits per heavy atom. The van der Waals surface area contributed by atoms with Gasteiger partial charge in [-0.1, -0.05) is 48.5 Å². The number of carbonyl (C=O) groups is 3. The van der Waals surface area contributed by atoms with E-state index in [-0.39, 0.29) is 29.1 Å². The van der Waals surface area contributed by atoms with E-state index >= 15 is 0 Å². The molecular weight excluding hydrogens is 386 g/mol. The lowest BCUT2D eigenvalue weighted by molar-refractivity contribution is -0.130. The second kappa shape index (κ2) is 7.91. The van der Waals surface area contributed by atoms with Crippen molar-refractivity contribution in [3.8, 4) is 0 Å². The summed E-state index contributed by atoms with van der Waals surface area (Å²) in [6.07, 6.45) is 0. The third-order valence-electron chi connectivity index (χ3n) is 5.41. The van der Waals surface area contributed by atoms with Gasteiger partial charge in [-0.2, -0.15) is 0 Å². The van der Waals surface area contributed by atoms with E-state index in [0.717, 1.165) is 11.1 Å². The van der Waals surface area contributed by atoms with Crippen molar-refractivity contribution in [2.24, 2.45) is 0 Å². The van der Waals surface area contributed by atoms with Gasteiger partial charge in [-0.3, -0.25) is 14.4 Å². The monoisotopic (exact) mass is 409 g/mol. The molecule has 3 amide bonds. The van der Waals surface area contributed by atoms with Crippen molar-refractivity contribution in [3.05, 3.63) is 71.3 Å². The minimum absolute atomic E-state index is 0.120. The van der Waals surface area contributed by atoms with Crippen molar-refractivity contribution in [1.82, 2.24) is 15.5 Å². The van der Waals surface area contributed by atoms with Gasteiger partial charge in [0.05, 0.1) is 6.04 Å². The molecule has 6 nitrogen and oxygen atoms in total. The highest BCUT2D eigenvalue weighted by molar-refractivity contribution is 7.99. The van der Waals surface area contributed by atoms with Crippen LogP contribution in [0.15, 0.2) is 54.6 Å².